The normalized spacial score (nSPS) is 32.7. The van der Waals surface area contributed by atoms with Crippen LogP contribution in [0.2, 0.25) is 0 Å². The van der Waals surface area contributed by atoms with Crippen LogP contribution in [0.25, 0.3) is 0 Å². The summed E-state index contributed by atoms with van der Waals surface area (Å²) in [5.74, 6) is 1.43. The number of aliphatic hydroxyl groups excluding tert-OH is 1. The Kier molecular flexibility index (Phi) is 14.9. The largest absolute Gasteiger partial charge is 0.481 e. The van der Waals surface area contributed by atoms with Crippen molar-refractivity contribution >= 4 is 17.7 Å². The summed E-state index contributed by atoms with van der Waals surface area (Å²) in [5, 5.41) is 20.1. The summed E-state index contributed by atoms with van der Waals surface area (Å²) in [5.41, 5.74) is 1.20. The Balaban J connectivity index is 1.45. The minimum Gasteiger partial charge on any atom is -0.481 e. The standard InChI is InChI=1S/C33H52O8S/c1-37-23-25-9-6-8-24(20-25)21-26(40-32-11-2-4-16-38-32)13-14-28-27(15-19-42-18-7-10-31(35)36)29(34)22-30(28)41-33-12-3-5-17-39-33/h6,9,13-14,20,24,26-30,32-34H,2-5,7-8,10-12,15-19,21-23H2,1H3,(H,35,36)/b14-13+/t24?,26-,27-,28-,29+,30-,32?,33?/m1/s1. The number of rotatable bonds is 17. The van der Waals surface area contributed by atoms with Crippen molar-refractivity contribution in [2.45, 2.75) is 108 Å². The van der Waals surface area contributed by atoms with Gasteiger partial charge in [-0.15, -0.1) is 0 Å². The number of ether oxygens (including phenoxy) is 5. The van der Waals surface area contributed by atoms with Gasteiger partial charge in [-0.05, 0) is 93.1 Å². The monoisotopic (exact) mass is 608 g/mol. The highest BCUT2D eigenvalue weighted by atomic mass is 32.2. The van der Waals surface area contributed by atoms with Gasteiger partial charge in [0.1, 0.15) is 0 Å². The molecule has 0 bridgehead atoms. The lowest BCUT2D eigenvalue weighted by Gasteiger charge is -2.30. The maximum atomic E-state index is 11.2. The maximum Gasteiger partial charge on any atom is 0.303 e. The van der Waals surface area contributed by atoms with Crippen LogP contribution in [0.5, 0.6) is 0 Å². The quantitative estimate of drug-likeness (QED) is 0.155. The summed E-state index contributed by atoms with van der Waals surface area (Å²) in [6, 6.07) is 0. The second kappa shape index (κ2) is 18.6. The molecule has 1 saturated carbocycles. The molecule has 0 aromatic heterocycles. The molecular formula is C33H52O8S. The Labute approximate surface area is 256 Å². The van der Waals surface area contributed by atoms with E-state index in [0.29, 0.717) is 25.4 Å². The number of aliphatic carboxylic acids is 1. The second-order valence-electron chi connectivity index (χ2n) is 12.1. The molecule has 2 N–H and O–H groups in total. The number of allylic oxidation sites excluding steroid dienone is 2. The fourth-order valence-electron chi connectivity index (χ4n) is 6.55. The molecule has 0 aromatic carbocycles. The van der Waals surface area contributed by atoms with Crippen LogP contribution in [0.4, 0.5) is 0 Å². The molecule has 2 heterocycles. The van der Waals surface area contributed by atoms with Gasteiger partial charge in [-0.2, -0.15) is 11.8 Å². The Morgan fingerprint density at radius 1 is 1.14 bits per heavy atom. The van der Waals surface area contributed by atoms with Gasteiger partial charge in [0.25, 0.3) is 0 Å². The zero-order valence-electron chi connectivity index (χ0n) is 25.3. The highest BCUT2D eigenvalue weighted by Gasteiger charge is 2.43. The highest BCUT2D eigenvalue weighted by Crippen LogP contribution is 2.40. The van der Waals surface area contributed by atoms with Gasteiger partial charge in [0.15, 0.2) is 12.6 Å². The third kappa shape index (κ3) is 11.4. The number of thioether (sulfide) groups is 1. The molecule has 0 amide bonds. The SMILES string of the molecule is COCC1=CC(C[C@@H](/C=C/[C@@H]2[C@@H](CCSCCCC(=O)O)[C@@H](O)C[C@H]2OC2CCCCO2)OC2CCCCO2)CC=C1. The summed E-state index contributed by atoms with van der Waals surface area (Å²) in [7, 11) is 1.73. The van der Waals surface area contributed by atoms with Crippen molar-refractivity contribution in [2.24, 2.45) is 17.8 Å². The van der Waals surface area contributed by atoms with Crippen molar-refractivity contribution < 1.29 is 38.7 Å². The summed E-state index contributed by atoms with van der Waals surface area (Å²) in [6.45, 7) is 2.07. The topological polar surface area (TPSA) is 104 Å². The van der Waals surface area contributed by atoms with Gasteiger partial charge < -0.3 is 33.9 Å². The third-order valence-corrected chi connectivity index (χ3v) is 9.81. The summed E-state index contributed by atoms with van der Waals surface area (Å²) in [6.07, 6.45) is 20.4. The maximum absolute atomic E-state index is 11.2. The van der Waals surface area contributed by atoms with Crippen LogP contribution >= 0.6 is 11.8 Å². The molecule has 2 aliphatic heterocycles. The molecule has 238 valence electrons. The van der Waals surface area contributed by atoms with Crippen molar-refractivity contribution in [2.75, 3.05) is 38.4 Å². The van der Waals surface area contributed by atoms with Crippen LogP contribution in [0.1, 0.15) is 77.0 Å². The first-order chi connectivity index (χ1) is 20.5. The molecule has 9 heteroatoms. The van der Waals surface area contributed by atoms with Crippen LogP contribution in [0, 0.1) is 17.8 Å². The van der Waals surface area contributed by atoms with E-state index in [9.17, 15) is 9.90 Å². The van der Waals surface area contributed by atoms with E-state index in [-0.39, 0.29) is 43.0 Å². The van der Waals surface area contributed by atoms with Crippen molar-refractivity contribution in [1.29, 1.82) is 0 Å². The first-order valence-corrected chi connectivity index (χ1v) is 17.2. The lowest BCUT2D eigenvalue weighted by atomic mass is 9.88. The highest BCUT2D eigenvalue weighted by molar-refractivity contribution is 7.99. The van der Waals surface area contributed by atoms with Gasteiger partial charge in [0.2, 0.25) is 0 Å². The summed E-state index contributed by atoms with van der Waals surface area (Å²) < 4.78 is 30.3. The average Bonchev–Trinajstić information content (AvgIpc) is 3.28. The molecule has 8 atom stereocenters. The van der Waals surface area contributed by atoms with Crippen molar-refractivity contribution in [1.82, 2.24) is 0 Å². The number of hydrogen-bond donors (Lipinski definition) is 2. The van der Waals surface area contributed by atoms with Gasteiger partial charge >= 0.3 is 5.97 Å². The van der Waals surface area contributed by atoms with Crippen LogP contribution in [-0.2, 0) is 28.5 Å². The molecule has 0 radical (unpaired) electrons. The Hall–Kier alpha value is -1.20. The van der Waals surface area contributed by atoms with Crippen molar-refractivity contribution in [3.05, 3.63) is 36.0 Å². The summed E-state index contributed by atoms with van der Waals surface area (Å²) >= 11 is 1.77. The zero-order chi connectivity index (χ0) is 29.6. The summed E-state index contributed by atoms with van der Waals surface area (Å²) in [4.78, 5) is 10.8. The minimum absolute atomic E-state index is 0.0503. The molecule has 3 unspecified atom stereocenters. The average molecular weight is 609 g/mol. The van der Waals surface area contributed by atoms with Crippen molar-refractivity contribution in [3.8, 4) is 0 Å². The molecule has 4 rings (SSSR count). The van der Waals surface area contributed by atoms with Gasteiger partial charge in [0, 0.05) is 39.1 Å². The van der Waals surface area contributed by atoms with E-state index < -0.39 is 12.1 Å². The Morgan fingerprint density at radius 2 is 1.93 bits per heavy atom. The van der Waals surface area contributed by atoms with Crippen LogP contribution in [0.3, 0.4) is 0 Å². The second-order valence-corrected chi connectivity index (χ2v) is 13.3. The van der Waals surface area contributed by atoms with Gasteiger partial charge in [0.05, 0.1) is 24.9 Å². The Bertz CT molecular complexity index is 879. The molecular weight excluding hydrogens is 556 g/mol. The van der Waals surface area contributed by atoms with Crippen molar-refractivity contribution in [3.63, 3.8) is 0 Å². The number of carboxylic acid groups (broad SMARTS) is 1. The van der Waals surface area contributed by atoms with Crippen LogP contribution < -0.4 is 0 Å². The Morgan fingerprint density at radius 3 is 2.64 bits per heavy atom. The van der Waals surface area contributed by atoms with Crippen LogP contribution in [0.15, 0.2) is 36.0 Å². The number of carboxylic acids is 1. The fourth-order valence-corrected chi connectivity index (χ4v) is 7.54. The fraction of sp³-hybridized carbons (Fsp3) is 0.788. The first-order valence-electron chi connectivity index (χ1n) is 16.1. The molecule has 2 saturated heterocycles. The van der Waals surface area contributed by atoms with E-state index in [1.165, 1.54) is 5.57 Å². The molecule has 0 spiro atoms. The number of methoxy groups -OCH3 is 1. The molecule has 0 aromatic rings. The molecule has 3 fully saturated rings. The number of carbonyl (C=O) groups is 1. The van der Waals surface area contributed by atoms with E-state index in [0.717, 1.165) is 82.5 Å². The van der Waals surface area contributed by atoms with Crippen LogP contribution in [-0.4, -0.2) is 85.5 Å². The molecule has 8 nitrogen and oxygen atoms in total. The van der Waals surface area contributed by atoms with E-state index in [1.54, 1.807) is 18.9 Å². The van der Waals surface area contributed by atoms with E-state index in [2.05, 4.69) is 30.4 Å². The predicted molar refractivity (Wildman–Crippen MR) is 164 cm³/mol. The third-order valence-electron chi connectivity index (χ3n) is 8.71. The molecule has 42 heavy (non-hydrogen) atoms. The smallest absolute Gasteiger partial charge is 0.303 e. The lowest BCUT2D eigenvalue weighted by molar-refractivity contribution is -0.193. The first kappa shape index (κ1) is 33.7. The number of hydrogen-bond acceptors (Lipinski definition) is 8. The molecule has 2 aliphatic carbocycles. The zero-order valence-corrected chi connectivity index (χ0v) is 26.1. The lowest BCUT2D eigenvalue weighted by Crippen LogP contribution is -2.31. The van der Waals surface area contributed by atoms with E-state index in [4.69, 9.17) is 28.8 Å². The predicted octanol–water partition coefficient (Wildman–Crippen LogP) is 5.89. The number of aliphatic hydroxyl groups is 1. The van der Waals surface area contributed by atoms with Gasteiger partial charge in [-0.25, -0.2) is 0 Å². The van der Waals surface area contributed by atoms with E-state index >= 15 is 0 Å². The van der Waals surface area contributed by atoms with Gasteiger partial charge in [-0.3, -0.25) is 4.79 Å². The van der Waals surface area contributed by atoms with Gasteiger partial charge in [-0.1, -0.05) is 30.4 Å². The minimum atomic E-state index is -0.748. The molecule has 4 aliphatic rings. The van der Waals surface area contributed by atoms with E-state index in [1.807, 2.05) is 0 Å².